The smallest absolute Gasteiger partial charge is 0.401 e. The van der Waals surface area contributed by atoms with Gasteiger partial charge in [-0.1, -0.05) is 26.2 Å². The van der Waals surface area contributed by atoms with Crippen molar-refractivity contribution in [1.29, 1.82) is 0 Å². The van der Waals surface area contributed by atoms with Crippen molar-refractivity contribution in [3.05, 3.63) is 0 Å². The van der Waals surface area contributed by atoms with Gasteiger partial charge in [0.25, 0.3) is 0 Å². The fourth-order valence-electron chi connectivity index (χ4n) is 1.07. The summed E-state index contributed by atoms with van der Waals surface area (Å²) in [6.45, 7) is 0.783. The molecule has 0 amide bonds. The molecule has 0 fully saturated rings. The van der Waals surface area contributed by atoms with E-state index in [0.717, 1.165) is 25.7 Å². The Hall–Kier alpha value is -0.780. The minimum Gasteiger partial charge on any atom is -0.465 e. The summed E-state index contributed by atoms with van der Waals surface area (Å²) in [7, 11) is 0. The van der Waals surface area contributed by atoms with Crippen LogP contribution in [0, 0.1) is 0 Å². The lowest BCUT2D eigenvalue weighted by Gasteiger charge is -2.08. The zero-order valence-electron chi connectivity index (χ0n) is 9.40. The molecule has 0 atom stereocenters. The third-order valence-corrected chi connectivity index (χ3v) is 1.86. The highest BCUT2D eigenvalue weighted by molar-refractivity contribution is 5.71. The molecule has 0 spiro atoms. The normalized spacial score (nSPS) is 11.5. The molecule has 0 aliphatic heterocycles. The number of carbonyl (C=O) groups excluding carboxylic acids is 1. The summed E-state index contributed by atoms with van der Waals surface area (Å²) < 4.78 is 39.8. The zero-order chi connectivity index (χ0) is 12.4. The van der Waals surface area contributed by atoms with E-state index in [-0.39, 0.29) is 6.61 Å². The summed E-state index contributed by atoms with van der Waals surface area (Å²) in [6, 6.07) is 0. The van der Waals surface area contributed by atoms with Gasteiger partial charge in [0, 0.05) is 0 Å². The van der Waals surface area contributed by atoms with Crippen LogP contribution in [0.5, 0.6) is 0 Å². The molecule has 0 saturated carbocycles. The molecular weight excluding hydrogens is 223 g/mol. The van der Waals surface area contributed by atoms with Crippen LogP contribution in [0.25, 0.3) is 0 Å². The van der Waals surface area contributed by atoms with E-state index < -0.39 is 25.2 Å². The molecular formula is C10H18F3NO2. The maximum absolute atomic E-state index is 11.7. The van der Waals surface area contributed by atoms with Gasteiger partial charge in [-0.15, -0.1) is 0 Å². The molecule has 0 unspecified atom stereocenters. The van der Waals surface area contributed by atoms with Gasteiger partial charge in [0.15, 0.2) is 0 Å². The number of esters is 1. The Balaban J connectivity index is 3.32. The standard InChI is InChI=1S/C10H18F3NO2/c1-2-3-4-5-6-16-9(15)7-14-8-10(11,12)13/h14H,2-8H2,1H3. The lowest BCUT2D eigenvalue weighted by molar-refractivity contribution is -0.144. The number of ether oxygens (including phenoxy) is 1. The molecule has 0 bridgehead atoms. The molecule has 0 aromatic carbocycles. The molecule has 0 aliphatic rings. The number of hydrogen-bond acceptors (Lipinski definition) is 3. The van der Waals surface area contributed by atoms with Crippen molar-refractivity contribution in [3.8, 4) is 0 Å². The van der Waals surface area contributed by atoms with Crippen LogP contribution in [0.1, 0.15) is 32.6 Å². The second-order valence-electron chi connectivity index (χ2n) is 3.50. The van der Waals surface area contributed by atoms with Gasteiger partial charge in [-0.2, -0.15) is 13.2 Å². The second kappa shape index (κ2) is 8.38. The number of unbranched alkanes of at least 4 members (excludes halogenated alkanes) is 3. The number of halogens is 3. The summed E-state index contributed by atoms with van der Waals surface area (Å²) >= 11 is 0. The quantitative estimate of drug-likeness (QED) is 0.523. The third-order valence-electron chi connectivity index (χ3n) is 1.86. The van der Waals surface area contributed by atoms with Crippen LogP contribution in [-0.2, 0) is 9.53 Å². The van der Waals surface area contributed by atoms with Gasteiger partial charge < -0.3 is 4.74 Å². The van der Waals surface area contributed by atoms with Gasteiger partial charge in [0.2, 0.25) is 0 Å². The molecule has 0 aromatic heterocycles. The van der Waals surface area contributed by atoms with Gasteiger partial charge in [-0.3, -0.25) is 10.1 Å². The highest BCUT2D eigenvalue weighted by Gasteiger charge is 2.26. The van der Waals surface area contributed by atoms with Crippen molar-refractivity contribution < 1.29 is 22.7 Å². The molecule has 0 saturated heterocycles. The van der Waals surface area contributed by atoms with Crippen LogP contribution in [0.15, 0.2) is 0 Å². The first-order valence-electron chi connectivity index (χ1n) is 5.39. The van der Waals surface area contributed by atoms with Crippen LogP contribution in [0.4, 0.5) is 13.2 Å². The van der Waals surface area contributed by atoms with E-state index in [2.05, 4.69) is 6.92 Å². The first-order valence-corrected chi connectivity index (χ1v) is 5.39. The molecule has 6 heteroatoms. The number of alkyl halides is 3. The van der Waals surface area contributed by atoms with Crippen molar-refractivity contribution in [2.75, 3.05) is 19.7 Å². The topological polar surface area (TPSA) is 38.3 Å². The summed E-state index contributed by atoms with van der Waals surface area (Å²) in [4.78, 5) is 10.9. The van der Waals surface area contributed by atoms with Crippen molar-refractivity contribution in [2.24, 2.45) is 0 Å². The number of hydrogen-bond donors (Lipinski definition) is 1. The Bertz CT molecular complexity index is 195. The predicted octanol–water partition coefficient (Wildman–Crippen LogP) is 2.26. The van der Waals surface area contributed by atoms with Crippen molar-refractivity contribution >= 4 is 5.97 Å². The van der Waals surface area contributed by atoms with Crippen molar-refractivity contribution in [3.63, 3.8) is 0 Å². The molecule has 96 valence electrons. The first kappa shape index (κ1) is 15.2. The van der Waals surface area contributed by atoms with E-state index in [1.165, 1.54) is 0 Å². The van der Waals surface area contributed by atoms with Crippen LogP contribution < -0.4 is 5.32 Å². The van der Waals surface area contributed by atoms with E-state index in [0.29, 0.717) is 0 Å². The molecule has 0 rings (SSSR count). The van der Waals surface area contributed by atoms with Gasteiger partial charge in [0.05, 0.1) is 19.7 Å². The third kappa shape index (κ3) is 11.3. The second-order valence-corrected chi connectivity index (χ2v) is 3.50. The van der Waals surface area contributed by atoms with E-state index >= 15 is 0 Å². The number of rotatable bonds is 8. The van der Waals surface area contributed by atoms with Crippen LogP contribution in [0.3, 0.4) is 0 Å². The lowest BCUT2D eigenvalue weighted by Crippen LogP contribution is -2.33. The first-order chi connectivity index (χ1) is 7.45. The van der Waals surface area contributed by atoms with E-state index in [1.54, 1.807) is 0 Å². The summed E-state index contributed by atoms with van der Waals surface area (Å²) in [5.41, 5.74) is 0. The van der Waals surface area contributed by atoms with Crippen molar-refractivity contribution in [1.82, 2.24) is 5.32 Å². The van der Waals surface area contributed by atoms with Gasteiger partial charge in [-0.05, 0) is 6.42 Å². The van der Waals surface area contributed by atoms with Gasteiger partial charge in [0.1, 0.15) is 0 Å². The largest absolute Gasteiger partial charge is 0.465 e. The molecule has 16 heavy (non-hydrogen) atoms. The molecule has 0 radical (unpaired) electrons. The van der Waals surface area contributed by atoms with Crippen LogP contribution in [-0.4, -0.2) is 31.8 Å². The Morgan fingerprint density at radius 2 is 1.94 bits per heavy atom. The molecule has 1 N–H and O–H groups in total. The minimum absolute atomic E-state index is 0.284. The highest BCUT2D eigenvalue weighted by atomic mass is 19.4. The summed E-state index contributed by atoms with van der Waals surface area (Å²) in [5, 5.41) is 1.98. The monoisotopic (exact) mass is 241 g/mol. The zero-order valence-corrected chi connectivity index (χ0v) is 9.40. The Labute approximate surface area is 93.3 Å². The lowest BCUT2D eigenvalue weighted by atomic mass is 10.2. The van der Waals surface area contributed by atoms with E-state index in [1.807, 2.05) is 5.32 Å². The molecule has 0 aromatic rings. The fourth-order valence-corrected chi connectivity index (χ4v) is 1.07. The molecule has 0 heterocycles. The fraction of sp³-hybridized carbons (Fsp3) is 0.900. The Kier molecular flexibility index (Phi) is 7.97. The van der Waals surface area contributed by atoms with Crippen LogP contribution in [0.2, 0.25) is 0 Å². The van der Waals surface area contributed by atoms with Gasteiger partial charge in [-0.25, -0.2) is 0 Å². The number of nitrogens with one attached hydrogen (secondary N) is 1. The highest BCUT2D eigenvalue weighted by Crippen LogP contribution is 2.11. The van der Waals surface area contributed by atoms with E-state index in [4.69, 9.17) is 4.74 Å². The summed E-state index contributed by atoms with van der Waals surface area (Å²) in [6.07, 6.45) is -0.398. The average molecular weight is 241 g/mol. The minimum atomic E-state index is -4.29. The summed E-state index contributed by atoms with van der Waals surface area (Å²) in [5.74, 6) is -0.638. The Morgan fingerprint density at radius 3 is 2.50 bits per heavy atom. The molecule has 0 aliphatic carbocycles. The molecule has 3 nitrogen and oxygen atoms in total. The average Bonchev–Trinajstić information content (AvgIpc) is 2.15. The van der Waals surface area contributed by atoms with Crippen molar-refractivity contribution in [2.45, 2.75) is 38.8 Å². The number of carbonyl (C=O) groups is 1. The SMILES string of the molecule is CCCCCCOC(=O)CNCC(F)(F)F. The maximum Gasteiger partial charge on any atom is 0.401 e. The van der Waals surface area contributed by atoms with Crippen LogP contribution >= 0.6 is 0 Å². The van der Waals surface area contributed by atoms with E-state index in [9.17, 15) is 18.0 Å². The van der Waals surface area contributed by atoms with Gasteiger partial charge >= 0.3 is 12.1 Å². The maximum atomic E-state index is 11.7. The predicted molar refractivity (Wildman–Crippen MR) is 54.0 cm³/mol. The Morgan fingerprint density at radius 1 is 1.25 bits per heavy atom.